The van der Waals surface area contributed by atoms with Crippen molar-refractivity contribution in [1.29, 1.82) is 0 Å². The van der Waals surface area contributed by atoms with Gasteiger partial charge in [0.05, 0.1) is 21.3 Å². The lowest BCUT2D eigenvalue weighted by molar-refractivity contribution is -0.128. The van der Waals surface area contributed by atoms with Crippen molar-refractivity contribution >= 4 is 39.1 Å². The lowest BCUT2D eigenvalue weighted by atomic mass is 10.3. The monoisotopic (exact) mass is 414 g/mol. The van der Waals surface area contributed by atoms with E-state index in [2.05, 4.69) is 4.98 Å². The standard InChI is InChI=1S/C20H18N2O4S2/c1-15-21-16(14-27-15)8-13-20(23)26-18-11-9-17(10-12-18)22(2)28(24,25)19-6-4-3-5-7-19/h3-14H,1-2H3/b13-8+. The van der Waals surface area contributed by atoms with E-state index in [-0.39, 0.29) is 4.90 Å². The zero-order chi connectivity index (χ0) is 20.1. The van der Waals surface area contributed by atoms with E-state index in [0.29, 0.717) is 17.1 Å². The Hall–Kier alpha value is -2.97. The first-order valence-electron chi connectivity index (χ1n) is 8.32. The molecule has 0 spiro atoms. The number of carbonyl (C=O) groups excluding carboxylic acids is 1. The zero-order valence-corrected chi connectivity index (χ0v) is 16.9. The van der Waals surface area contributed by atoms with Crippen LogP contribution in [0.5, 0.6) is 5.75 Å². The van der Waals surface area contributed by atoms with Crippen molar-refractivity contribution in [3.8, 4) is 5.75 Å². The Balaban J connectivity index is 1.67. The molecule has 1 aromatic heterocycles. The van der Waals surface area contributed by atoms with E-state index >= 15 is 0 Å². The molecule has 2 aromatic carbocycles. The van der Waals surface area contributed by atoms with Crippen LogP contribution < -0.4 is 9.04 Å². The van der Waals surface area contributed by atoms with Crippen LogP contribution in [-0.4, -0.2) is 26.4 Å². The molecule has 0 N–H and O–H groups in total. The molecule has 0 radical (unpaired) electrons. The van der Waals surface area contributed by atoms with Gasteiger partial charge in [0.1, 0.15) is 5.75 Å². The maximum atomic E-state index is 12.6. The lowest BCUT2D eigenvalue weighted by Crippen LogP contribution is -2.26. The highest BCUT2D eigenvalue weighted by atomic mass is 32.2. The summed E-state index contributed by atoms with van der Waals surface area (Å²) in [4.78, 5) is 16.4. The number of aryl methyl sites for hydroxylation is 1. The molecular weight excluding hydrogens is 396 g/mol. The third-order valence-corrected chi connectivity index (χ3v) is 6.44. The fraction of sp³-hybridized carbons (Fsp3) is 0.100. The number of rotatable bonds is 6. The van der Waals surface area contributed by atoms with Gasteiger partial charge in [-0.25, -0.2) is 18.2 Å². The molecule has 1 heterocycles. The molecule has 0 aliphatic rings. The van der Waals surface area contributed by atoms with E-state index in [4.69, 9.17) is 4.74 Å². The molecule has 8 heteroatoms. The highest BCUT2D eigenvalue weighted by molar-refractivity contribution is 7.92. The Morgan fingerprint density at radius 1 is 1.11 bits per heavy atom. The van der Waals surface area contributed by atoms with Crippen LogP contribution >= 0.6 is 11.3 Å². The van der Waals surface area contributed by atoms with Gasteiger partial charge in [0.2, 0.25) is 0 Å². The van der Waals surface area contributed by atoms with Crippen LogP contribution in [0.15, 0.2) is 70.9 Å². The van der Waals surface area contributed by atoms with Crippen LogP contribution in [0.1, 0.15) is 10.7 Å². The summed E-state index contributed by atoms with van der Waals surface area (Å²) >= 11 is 1.50. The minimum Gasteiger partial charge on any atom is -0.423 e. The number of anilines is 1. The second kappa shape index (κ2) is 8.37. The molecule has 0 aliphatic heterocycles. The lowest BCUT2D eigenvalue weighted by Gasteiger charge is -2.19. The van der Waals surface area contributed by atoms with E-state index in [0.717, 1.165) is 5.01 Å². The second-order valence-electron chi connectivity index (χ2n) is 5.83. The first-order valence-corrected chi connectivity index (χ1v) is 10.6. The first-order chi connectivity index (χ1) is 13.4. The molecule has 0 unspecified atom stereocenters. The summed E-state index contributed by atoms with van der Waals surface area (Å²) in [7, 11) is -2.18. The Morgan fingerprint density at radius 3 is 2.39 bits per heavy atom. The topological polar surface area (TPSA) is 76.6 Å². The highest BCUT2D eigenvalue weighted by Crippen LogP contribution is 2.24. The molecule has 6 nitrogen and oxygen atoms in total. The highest BCUT2D eigenvalue weighted by Gasteiger charge is 2.20. The normalized spacial score (nSPS) is 11.5. The number of ether oxygens (including phenoxy) is 1. The molecule has 3 aromatic rings. The molecule has 0 fully saturated rings. The fourth-order valence-corrected chi connectivity index (χ4v) is 4.17. The van der Waals surface area contributed by atoms with Crippen LogP contribution in [0.3, 0.4) is 0 Å². The van der Waals surface area contributed by atoms with E-state index in [1.807, 2.05) is 12.3 Å². The summed E-state index contributed by atoms with van der Waals surface area (Å²) in [5, 5.41) is 2.76. The Labute approximate surface area is 167 Å². The van der Waals surface area contributed by atoms with Crippen molar-refractivity contribution in [2.45, 2.75) is 11.8 Å². The van der Waals surface area contributed by atoms with Gasteiger partial charge < -0.3 is 4.74 Å². The predicted molar refractivity (Wildman–Crippen MR) is 110 cm³/mol. The number of hydrogen-bond donors (Lipinski definition) is 0. The van der Waals surface area contributed by atoms with Crippen molar-refractivity contribution in [3.63, 3.8) is 0 Å². The summed E-state index contributed by atoms with van der Waals surface area (Å²) in [6.45, 7) is 1.89. The molecule has 0 saturated carbocycles. The van der Waals surface area contributed by atoms with Crippen molar-refractivity contribution < 1.29 is 17.9 Å². The van der Waals surface area contributed by atoms with E-state index in [9.17, 15) is 13.2 Å². The van der Waals surface area contributed by atoms with Gasteiger partial charge in [0, 0.05) is 18.5 Å². The fourth-order valence-electron chi connectivity index (χ4n) is 2.37. The average molecular weight is 415 g/mol. The molecule has 0 atom stereocenters. The van der Waals surface area contributed by atoms with Gasteiger partial charge in [0.15, 0.2) is 0 Å². The number of aromatic nitrogens is 1. The predicted octanol–water partition coefficient (Wildman–Crippen LogP) is 3.90. The molecule has 0 aliphatic carbocycles. The largest absolute Gasteiger partial charge is 0.423 e. The van der Waals surface area contributed by atoms with E-state index < -0.39 is 16.0 Å². The molecular formula is C20H18N2O4S2. The molecule has 28 heavy (non-hydrogen) atoms. The van der Waals surface area contributed by atoms with Crippen LogP contribution in [0.25, 0.3) is 6.08 Å². The van der Waals surface area contributed by atoms with Crippen molar-refractivity contribution in [2.75, 3.05) is 11.4 Å². The second-order valence-corrected chi connectivity index (χ2v) is 8.86. The zero-order valence-electron chi connectivity index (χ0n) is 15.3. The SMILES string of the molecule is Cc1nc(/C=C/C(=O)Oc2ccc(N(C)S(=O)(=O)c3ccccc3)cc2)cs1. The van der Waals surface area contributed by atoms with Crippen LogP contribution in [0.2, 0.25) is 0 Å². The van der Waals surface area contributed by atoms with E-state index in [1.54, 1.807) is 48.5 Å². The number of carbonyl (C=O) groups is 1. The average Bonchev–Trinajstić information content (AvgIpc) is 3.12. The molecule has 144 valence electrons. The smallest absolute Gasteiger partial charge is 0.336 e. The molecule has 0 saturated heterocycles. The number of benzene rings is 2. The minimum atomic E-state index is -3.66. The Morgan fingerprint density at radius 2 is 1.79 bits per heavy atom. The molecule has 0 bridgehead atoms. The Kier molecular flexibility index (Phi) is 5.91. The van der Waals surface area contributed by atoms with Crippen molar-refractivity contribution in [3.05, 3.63) is 76.8 Å². The minimum absolute atomic E-state index is 0.204. The third-order valence-electron chi connectivity index (χ3n) is 3.85. The van der Waals surface area contributed by atoms with Gasteiger partial charge in [-0.15, -0.1) is 11.3 Å². The summed E-state index contributed by atoms with van der Waals surface area (Å²) < 4.78 is 31.7. The van der Waals surface area contributed by atoms with Gasteiger partial charge in [-0.2, -0.15) is 0 Å². The summed E-state index contributed by atoms with van der Waals surface area (Å²) in [5.41, 5.74) is 1.15. The van der Waals surface area contributed by atoms with Crippen LogP contribution in [-0.2, 0) is 14.8 Å². The summed E-state index contributed by atoms with van der Waals surface area (Å²) in [6.07, 6.45) is 2.88. The maximum absolute atomic E-state index is 12.6. The summed E-state index contributed by atoms with van der Waals surface area (Å²) in [6, 6.07) is 14.4. The van der Waals surface area contributed by atoms with Crippen molar-refractivity contribution in [1.82, 2.24) is 4.98 Å². The van der Waals surface area contributed by atoms with Gasteiger partial charge in [-0.3, -0.25) is 4.31 Å². The Bertz CT molecular complexity index is 1090. The first kappa shape index (κ1) is 19.8. The maximum Gasteiger partial charge on any atom is 0.336 e. The number of sulfonamides is 1. The molecule has 3 rings (SSSR count). The van der Waals surface area contributed by atoms with Gasteiger partial charge in [-0.05, 0) is 49.4 Å². The van der Waals surface area contributed by atoms with E-state index in [1.165, 1.54) is 40.9 Å². The van der Waals surface area contributed by atoms with Gasteiger partial charge >= 0.3 is 5.97 Å². The number of esters is 1. The molecule has 0 amide bonds. The van der Waals surface area contributed by atoms with Gasteiger partial charge in [-0.1, -0.05) is 18.2 Å². The number of nitrogens with zero attached hydrogens (tertiary/aromatic N) is 2. The third kappa shape index (κ3) is 4.65. The number of thiazole rings is 1. The quantitative estimate of drug-likeness (QED) is 0.347. The van der Waals surface area contributed by atoms with Gasteiger partial charge in [0.25, 0.3) is 10.0 Å². The summed E-state index contributed by atoms with van der Waals surface area (Å²) in [5.74, 6) is -0.220. The van der Waals surface area contributed by atoms with Crippen molar-refractivity contribution in [2.24, 2.45) is 0 Å². The van der Waals surface area contributed by atoms with Crippen LogP contribution in [0.4, 0.5) is 5.69 Å². The number of hydrogen-bond acceptors (Lipinski definition) is 6. The van der Waals surface area contributed by atoms with Crippen LogP contribution in [0, 0.1) is 6.92 Å².